The van der Waals surface area contributed by atoms with Crippen LogP contribution in [0.15, 0.2) is 51.8 Å². The quantitative estimate of drug-likeness (QED) is 0.688. The van der Waals surface area contributed by atoms with Crippen molar-refractivity contribution in [3.63, 3.8) is 0 Å². The van der Waals surface area contributed by atoms with Crippen molar-refractivity contribution in [2.24, 2.45) is 0 Å². The zero-order valence-electron chi connectivity index (χ0n) is 12.3. The molecular weight excluding hydrogens is 292 g/mol. The van der Waals surface area contributed by atoms with Gasteiger partial charge in [-0.05, 0) is 36.6 Å². The summed E-state index contributed by atoms with van der Waals surface area (Å²) in [6.07, 6.45) is 7.38. The molecule has 1 unspecified atom stereocenters. The molecular formula is C17H14N4O2. The maximum absolute atomic E-state index is 9.14. The Morgan fingerprint density at radius 1 is 1.22 bits per heavy atom. The number of hydrogen-bond acceptors (Lipinski definition) is 6. The summed E-state index contributed by atoms with van der Waals surface area (Å²) < 4.78 is 10.5. The van der Waals surface area contributed by atoms with Crippen molar-refractivity contribution < 1.29 is 8.94 Å². The molecule has 6 heteroatoms. The van der Waals surface area contributed by atoms with E-state index in [0.29, 0.717) is 11.7 Å². The average molecular weight is 306 g/mol. The third-order valence-electron chi connectivity index (χ3n) is 4.09. The van der Waals surface area contributed by atoms with Crippen LogP contribution < -0.4 is 0 Å². The molecule has 23 heavy (non-hydrogen) atoms. The lowest BCUT2D eigenvalue weighted by Gasteiger charge is -2.13. The third kappa shape index (κ3) is 2.46. The number of hydrogen-bond donors (Lipinski definition) is 0. The van der Waals surface area contributed by atoms with E-state index in [1.54, 1.807) is 17.4 Å². The maximum atomic E-state index is 9.14. The van der Waals surface area contributed by atoms with Crippen LogP contribution in [0.2, 0.25) is 0 Å². The largest absolute Gasteiger partial charge is 0.472 e. The summed E-state index contributed by atoms with van der Waals surface area (Å²) in [4.78, 5) is 6.19. The van der Waals surface area contributed by atoms with Gasteiger partial charge in [0.25, 0.3) is 5.89 Å². The Balaban J connectivity index is 1.65. The molecule has 4 rings (SSSR count). The van der Waals surface area contributed by atoms with Gasteiger partial charge >= 0.3 is 0 Å². The third-order valence-corrected chi connectivity index (χ3v) is 4.09. The smallest absolute Gasteiger partial charge is 0.258 e. The highest BCUT2D eigenvalue weighted by molar-refractivity contribution is 5.68. The summed E-state index contributed by atoms with van der Waals surface area (Å²) in [7, 11) is 0. The zero-order chi connectivity index (χ0) is 15.6. The van der Waals surface area contributed by atoms with Crippen LogP contribution in [0.3, 0.4) is 0 Å². The highest BCUT2D eigenvalue weighted by atomic mass is 16.5. The molecule has 114 valence electrons. The van der Waals surface area contributed by atoms with Crippen LogP contribution in [0, 0.1) is 11.5 Å². The van der Waals surface area contributed by atoms with Crippen molar-refractivity contribution in [1.29, 1.82) is 5.26 Å². The molecule has 0 spiro atoms. The number of furan rings is 1. The van der Waals surface area contributed by atoms with Crippen LogP contribution in [0.5, 0.6) is 0 Å². The minimum absolute atomic E-state index is 0.0745. The van der Waals surface area contributed by atoms with Crippen molar-refractivity contribution in [3.8, 4) is 28.8 Å². The van der Waals surface area contributed by atoms with Crippen LogP contribution in [-0.4, -0.2) is 21.6 Å². The van der Waals surface area contributed by atoms with Gasteiger partial charge < -0.3 is 8.94 Å². The molecule has 1 aliphatic rings. The molecule has 0 radical (unpaired) electrons. The van der Waals surface area contributed by atoms with E-state index in [2.05, 4.69) is 16.3 Å². The van der Waals surface area contributed by atoms with E-state index < -0.39 is 0 Å². The number of aromatic nitrogens is 2. The number of rotatable bonds is 3. The van der Waals surface area contributed by atoms with Gasteiger partial charge in [0.2, 0.25) is 0 Å². The lowest BCUT2D eigenvalue weighted by atomic mass is 10.1. The lowest BCUT2D eigenvalue weighted by molar-refractivity contribution is 0.339. The molecule has 1 saturated heterocycles. The molecule has 1 atom stereocenters. The van der Waals surface area contributed by atoms with Gasteiger partial charge in [0.05, 0.1) is 12.5 Å². The van der Waals surface area contributed by atoms with Gasteiger partial charge in [-0.1, -0.05) is 17.3 Å². The van der Waals surface area contributed by atoms with E-state index in [0.717, 1.165) is 36.1 Å². The van der Waals surface area contributed by atoms with Crippen molar-refractivity contribution in [2.45, 2.75) is 18.9 Å². The molecule has 0 saturated carbocycles. The first-order chi connectivity index (χ1) is 11.3. The molecule has 0 aliphatic carbocycles. The Bertz CT molecular complexity index is 848. The fourth-order valence-electron chi connectivity index (χ4n) is 2.90. The first kappa shape index (κ1) is 13.6. The van der Waals surface area contributed by atoms with Crippen molar-refractivity contribution in [3.05, 3.63) is 48.7 Å². The second kappa shape index (κ2) is 5.61. The van der Waals surface area contributed by atoms with Crippen molar-refractivity contribution >= 4 is 0 Å². The van der Waals surface area contributed by atoms with Gasteiger partial charge in [-0.2, -0.15) is 10.2 Å². The Kier molecular flexibility index (Phi) is 3.31. The molecule has 0 amide bonds. The lowest BCUT2D eigenvalue weighted by Crippen LogP contribution is -2.17. The van der Waals surface area contributed by atoms with Gasteiger partial charge in [-0.15, -0.1) is 0 Å². The number of likely N-dealkylation sites (tertiary alicyclic amines) is 1. The highest BCUT2D eigenvalue weighted by Gasteiger charge is 2.29. The van der Waals surface area contributed by atoms with E-state index in [9.17, 15) is 0 Å². The van der Waals surface area contributed by atoms with Crippen LogP contribution in [0.4, 0.5) is 0 Å². The zero-order valence-corrected chi connectivity index (χ0v) is 12.3. The average Bonchev–Trinajstić information content (AvgIpc) is 3.34. The molecule has 1 aromatic carbocycles. The van der Waals surface area contributed by atoms with Crippen LogP contribution in [0.25, 0.3) is 22.6 Å². The molecule has 6 nitrogen and oxygen atoms in total. The molecule has 0 bridgehead atoms. The summed E-state index contributed by atoms with van der Waals surface area (Å²) in [6.45, 7) is 0.751. The van der Waals surface area contributed by atoms with Crippen LogP contribution in [0.1, 0.15) is 24.7 Å². The second-order valence-electron chi connectivity index (χ2n) is 5.50. The monoisotopic (exact) mass is 306 g/mol. The van der Waals surface area contributed by atoms with Gasteiger partial charge in [0.1, 0.15) is 6.04 Å². The first-order valence-electron chi connectivity index (χ1n) is 7.48. The maximum Gasteiger partial charge on any atom is 0.258 e. The molecule has 0 N–H and O–H groups in total. The SMILES string of the molecule is N#CN1CCCC1c1noc(-c2cccc(-c3ccoc3)c2)n1. The van der Waals surface area contributed by atoms with Crippen molar-refractivity contribution in [2.75, 3.05) is 6.54 Å². The minimum atomic E-state index is -0.0745. The number of benzene rings is 1. The number of nitriles is 1. The molecule has 3 aromatic rings. The minimum Gasteiger partial charge on any atom is -0.472 e. The van der Waals surface area contributed by atoms with Crippen LogP contribution in [-0.2, 0) is 0 Å². The predicted octanol–water partition coefficient (Wildman–Crippen LogP) is 3.61. The first-order valence-corrected chi connectivity index (χ1v) is 7.48. The normalized spacial score (nSPS) is 17.3. The highest BCUT2D eigenvalue weighted by Crippen LogP contribution is 2.31. The molecule has 1 aliphatic heterocycles. The Morgan fingerprint density at radius 2 is 2.13 bits per heavy atom. The van der Waals surface area contributed by atoms with E-state index >= 15 is 0 Å². The summed E-state index contributed by atoms with van der Waals surface area (Å²) >= 11 is 0. The van der Waals surface area contributed by atoms with Gasteiger partial charge in [0.15, 0.2) is 12.0 Å². The molecule has 1 fully saturated rings. The Labute approximate surface area is 132 Å². The van der Waals surface area contributed by atoms with Crippen LogP contribution >= 0.6 is 0 Å². The van der Waals surface area contributed by atoms with Gasteiger partial charge in [-0.25, -0.2) is 0 Å². The summed E-state index contributed by atoms with van der Waals surface area (Å²) in [5, 5.41) is 13.2. The van der Waals surface area contributed by atoms with Crippen molar-refractivity contribution in [1.82, 2.24) is 15.0 Å². The number of nitrogens with zero attached hydrogens (tertiary/aromatic N) is 4. The topological polar surface area (TPSA) is 79.1 Å². The standard InChI is InChI=1S/C17H14N4O2/c18-11-21-7-2-5-15(21)16-19-17(23-20-16)13-4-1-3-12(9-13)14-6-8-22-10-14/h1,3-4,6,8-10,15H,2,5,7H2. The molecule has 2 aromatic heterocycles. The summed E-state index contributed by atoms with van der Waals surface area (Å²) in [5.74, 6) is 1.04. The van der Waals surface area contributed by atoms with E-state index in [4.69, 9.17) is 14.2 Å². The summed E-state index contributed by atoms with van der Waals surface area (Å²) in [5.41, 5.74) is 2.87. The van der Waals surface area contributed by atoms with Gasteiger partial charge in [-0.3, -0.25) is 4.90 Å². The van der Waals surface area contributed by atoms with Gasteiger partial charge in [0, 0.05) is 17.7 Å². The Morgan fingerprint density at radius 3 is 2.96 bits per heavy atom. The van der Waals surface area contributed by atoms with E-state index in [1.807, 2.05) is 30.3 Å². The second-order valence-corrected chi connectivity index (χ2v) is 5.50. The fraction of sp³-hybridized carbons (Fsp3) is 0.235. The molecule has 3 heterocycles. The predicted molar refractivity (Wildman–Crippen MR) is 81.7 cm³/mol. The summed E-state index contributed by atoms with van der Waals surface area (Å²) in [6, 6.07) is 9.69. The fourth-order valence-corrected chi connectivity index (χ4v) is 2.90. The van der Waals surface area contributed by atoms with E-state index in [1.165, 1.54) is 0 Å². The Hall–Kier alpha value is -3.07. The van der Waals surface area contributed by atoms with E-state index in [-0.39, 0.29) is 6.04 Å².